The molecule has 0 bridgehead atoms. The summed E-state index contributed by atoms with van der Waals surface area (Å²) in [5.41, 5.74) is 0.346. The molecule has 0 aromatic rings. The molecule has 1 aliphatic carbocycles. The predicted molar refractivity (Wildman–Crippen MR) is 62.9 cm³/mol. The molecular weight excluding hydrogens is 222 g/mol. The molecule has 1 aliphatic rings. The van der Waals surface area contributed by atoms with Crippen molar-refractivity contribution < 1.29 is 19.1 Å². The Balaban J connectivity index is 2.78. The normalized spacial score (nSPS) is 17.3. The third kappa shape index (κ3) is 4.22. The third-order valence-corrected chi connectivity index (χ3v) is 1.78. The Labute approximate surface area is 99.8 Å². The summed E-state index contributed by atoms with van der Waals surface area (Å²) in [6, 6.07) is 0. The van der Waals surface area contributed by atoms with Crippen molar-refractivity contribution in [1.82, 2.24) is 0 Å². The molecule has 5 heteroatoms. The van der Waals surface area contributed by atoms with Crippen molar-refractivity contribution in [3.05, 3.63) is 24.0 Å². The topological polar surface area (TPSA) is 65.0 Å². The lowest BCUT2D eigenvalue weighted by Gasteiger charge is -2.09. The number of hydrogen-bond donors (Lipinski definition) is 0. The molecular formula is C12H15NO4. The molecule has 0 aliphatic heterocycles. The Kier molecular flexibility index (Phi) is 4.63. The average molecular weight is 237 g/mol. The second-order valence-electron chi connectivity index (χ2n) is 3.61. The summed E-state index contributed by atoms with van der Waals surface area (Å²) in [7, 11) is 0. The maximum absolute atomic E-state index is 11.3. The van der Waals surface area contributed by atoms with Gasteiger partial charge in [-0.1, -0.05) is 0 Å². The molecule has 0 saturated carbocycles. The van der Waals surface area contributed by atoms with E-state index in [1.165, 1.54) is 18.2 Å². The zero-order valence-corrected chi connectivity index (χ0v) is 10.1. The number of carbonyl (C=O) groups is 2. The van der Waals surface area contributed by atoms with Crippen LogP contribution in [0.4, 0.5) is 4.79 Å². The van der Waals surface area contributed by atoms with Gasteiger partial charge in [0.05, 0.1) is 18.4 Å². The number of nitrogens with zero attached hydrogens (tertiary/aromatic N) is 1. The molecule has 1 rings (SSSR count). The van der Waals surface area contributed by atoms with Gasteiger partial charge in [-0.3, -0.25) is 4.79 Å². The van der Waals surface area contributed by atoms with Gasteiger partial charge in [0.25, 0.3) is 0 Å². The van der Waals surface area contributed by atoms with E-state index in [-0.39, 0.29) is 17.6 Å². The average Bonchev–Trinajstić information content (AvgIpc) is 2.22. The van der Waals surface area contributed by atoms with Gasteiger partial charge in [0, 0.05) is 6.08 Å². The lowest BCUT2D eigenvalue weighted by molar-refractivity contribution is -0.114. The number of amides is 1. The molecule has 0 N–H and O–H groups in total. The van der Waals surface area contributed by atoms with Crippen LogP contribution in [-0.2, 0) is 14.3 Å². The number of ketones is 1. The number of rotatable bonds is 3. The Hall–Kier alpha value is -1.91. The Morgan fingerprint density at radius 3 is 2.71 bits per heavy atom. The molecule has 17 heavy (non-hydrogen) atoms. The first-order chi connectivity index (χ1) is 8.02. The van der Waals surface area contributed by atoms with E-state index in [0.29, 0.717) is 12.3 Å². The van der Waals surface area contributed by atoms with Crippen molar-refractivity contribution >= 4 is 17.6 Å². The molecule has 0 atom stereocenters. The van der Waals surface area contributed by atoms with Gasteiger partial charge in [0.1, 0.15) is 0 Å². The van der Waals surface area contributed by atoms with Crippen molar-refractivity contribution in [1.29, 1.82) is 0 Å². The van der Waals surface area contributed by atoms with Crippen LogP contribution >= 0.6 is 0 Å². The van der Waals surface area contributed by atoms with Crippen molar-refractivity contribution in [2.75, 3.05) is 6.61 Å². The van der Waals surface area contributed by atoms with Crippen molar-refractivity contribution in [3.8, 4) is 0 Å². The highest BCUT2D eigenvalue weighted by molar-refractivity contribution is 6.19. The number of hydrogen-bond acceptors (Lipinski definition) is 4. The lowest BCUT2D eigenvalue weighted by atomic mass is 10.1. The van der Waals surface area contributed by atoms with Crippen LogP contribution < -0.4 is 0 Å². The minimum absolute atomic E-state index is 0.186. The zero-order chi connectivity index (χ0) is 12.8. The molecule has 0 spiro atoms. The second kappa shape index (κ2) is 5.98. The number of carbonyl (C=O) groups excluding carboxylic acids is 2. The lowest BCUT2D eigenvalue weighted by Crippen LogP contribution is -2.13. The van der Waals surface area contributed by atoms with Gasteiger partial charge in [-0.25, -0.2) is 4.79 Å². The molecule has 0 fully saturated rings. The molecule has 0 radical (unpaired) electrons. The first-order valence-electron chi connectivity index (χ1n) is 5.39. The SMILES string of the molecule is CCOC1=C/C(=N\C(=O)OC(C)C)C=CC1=O. The van der Waals surface area contributed by atoms with Crippen LogP contribution in [0, 0.1) is 0 Å². The van der Waals surface area contributed by atoms with Gasteiger partial charge in [-0.05, 0) is 32.9 Å². The van der Waals surface area contributed by atoms with Gasteiger partial charge in [0.15, 0.2) is 5.76 Å². The van der Waals surface area contributed by atoms with Gasteiger partial charge in [-0.2, -0.15) is 4.99 Å². The monoisotopic (exact) mass is 237 g/mol. The predicted octanol–water partition coefficient (Wildman–Crippen LogP) is 2.03. The maximum atomic E-state index is 11.3. The minimum Gasteiger partial charge on any atom is -0.490 e. The van der Waals surface area contributed by atoms with E-state index < -0.39 is 6.09 Å². The summed E-state index contributed by atoms with van der Waals surface area (Å²) >= 11 is 0. The van der Waals surface area contributed by atoms with Crippen LogP contribution in [0.3, 0.4) is 0 Å². The van der Waals surface area contributed by atoms with E-state index in [1.54, 1.807) is 20.8 Å². The van der Waals surface area contributed by atoms with Gasteiger partial charge < -0.3 is 9.47 Å². The molecule has 0 unspecified atom stereocenters. The minimum atomic E-state index is -0.680. The first-order valence-corrected chi connectivity index (χ1v) is 5.39. The zero-order valence-electron chi connectivity index (χ0n) is 10.1. The van der Waals surface area contributed by atoms with E-state index >= 15 is 0 Å². The first kappa shape index (κ1) is 13.2. The quantitative estimate of drug-likeness (QED) is 0.704. The maximum Gasteiger partial charge on any atom is 0.434 e. The van der Waals surface area contributed by atoms with Crippen LogP contribution in [0.5, 0.6) is 0 Å². The summed E-state index contributed by atoms with van der Waals surface area (Å²) in [4.78, 5) is 26.3. The van der Waals surface area contributed by atoms with Crippen molar-refractivity contribution in [2.24, 2.45) is 4.99 Å². The summed E-state index contributed by atoms with van der Waals surface area (Å²) in [5.74, 6) is -0.0471. The molecule has 1 amide bonds. The highest BCUT2D eigenvalue weighted by atomic mass is 16.6. The number of aliphatic imine (C=N–C) groups is 1. The van der Waals surface area contributed by atoms with E-state index in [2.05, 4.69) is 4.99 Å². The summed E-state index contributed by atoms with van der Waals surface area (Å²) in [6.07, 6.45) is 3.28. The van der Waals surface area contributed by atoms with Gasteiger partial charge in [-0.15, -0.1) is 0 Å². The second-order valence-corrected chi connectivity index (χ2v) is 3.61. The third-order valence-electron chi connectivity index (χ3n) is 1.78. The fourth-order valence-corrected chi connectivity index (χ4v) is 1.17. The van der Waals surface area contributed by atoms with E-state index in [0.717, 1.165) is 0 Å². The molecule has 0 heterocycles. The van der Waals surface area contributed by atoms with E-state index in [1.807, 2.05) is 0 Å². The molecule has 0 aromatic heterocycles. The highest BCUT2D eigenvalue weighted by Crippen LogP contribution is 2.08. The van der Waals surface area contributed by atoms with E-state index in [4.69, 9.17) is 9.47 Å². The standard InChI is InChI=1S/C12H15NO4/c1-4-16-11-7-9(5-6-10(11)14)13-12(15)17-8(2)3/h5-8H,4H2,1-3H3/b13-9-. The van der Waals surface area contributed by atoms with Gasteiger partial charge in [0.2, 0.25) is 5.78 Å². The number of ether oxygens (including phenoxy) is 2. The van der Waals surface area contributed by atoms with Crippen LogP contribution in [0.2, 0.25) is 0 Å². The van der Waals surface area contributed by atoms with E-state index in [9.17, 15) is 9.59 Å². The van der Waals surface area contributed by atoms with Crippen molar-refractivity contribution in [2.45, 2.75) is 26.9 Å². The van der Waals surface area contributed by atoms with Crippen molar-refractivity contribution in [3.63, 3.8) is 0 Å². The Bertz CT molecular complexity index is 405. The van der Waals surface area contributed by atoms with Gasteiger partial charge >= 0.3 is 6.09 Å². The Morgan fingerprint density at radius 2 is 2.12 bits per heavy atom. The summed E-state index contributed by atoms with van der Waals surface area (Å²) in [6.45, 7) is 5.63. The highest BCUT2D eigenvalue weighted by Gasteiger charge is 2.14. The van der Waals surface area contributed by atoms with Crippen LogP contribution in [0.1, 0.15) is 20.8 Å². The Morgan fingerprint density at radius 1 is 1.41 bits per heavy atom. The van der Waals surface area contributed by atoms with Crippen LogP contribution in [0.25, 0.3) is 0 Å². The fourth-order valence-electron chi connectivity index (χ4n) is 1.17. The number of allylic oxidation sites excluding steroid dienone is 3. The fraction of sp³-hybridized carbons (Fsp3) is 0.417. The molecule has 92 valence electrons. The smallest absolute Gasteiger partial charge is 0.434 e. The molecule has 0 saturated heterocycles. The molecule has 5 nitrogen and oxygen atoms in total. The van der Waals surface area contributed by atoms with Crippen LogP contribution in [0.15, 0.2) is 29.0 Å². The largest absolute Gasteiger partial charge is 0.490 e. The van der Waals surface area contributed by atoms with Crippen LogP contribution in [-0.4, -0.2) is 30.3 Å². The molecule has 0 aromatic carbocycles. The summed E-state index contributed by atoms with van der Waals surface area (Å²) in [5, 5.41) is 0. The summed E-state index contributed by atoms with van der Waals surface area (Å²) < 4.78 is 9.98.